The van der Waals surface area contributed by atoms with Gasteiger partial charge in [0.05, 0.1) is 23.1 Å². The van der Waals surface area contributed by atoms with Crippen molar-refractivity contribution in [3.05, 3.63) is 75.8 Å². The van der Waals surface area contributed by atoms with Gasteiger partial charge in [-0.3, -0.25) is 4.79 Å². The van der Waals surface area contributed by atoms with Crippen molar-refractivity contribution in [3.8, 4) is 11.8 Å². The Morgan fingerprint density at radius 2 is 1.86 bits per heavy atom. The van der Waals surface area contributed by atoms with E-state index in [0.717, 1.165) is 31.7 Å². The Bertz CT molecular complexity index is 1080. The zero-order valence-electron chi connectivity index (χ0n) is 15.6. The fraction of sp³-hybridized carbons (Fsp3) is 0.238. The molecule has 1 aliphatic rings. The lowest BCUT2D eigenvalue weighted by atomic mass is 10.0. The minimum atomic E-state index is -0.345. The number of pyridine rings is 1. The summed E-state index contributed by atoms with van der Waals surface area (Å²) in [6.07, 6.45) is 4.94. The van der Waals surface area contributed by atoms with Crippen LogP contribution in [0.25, 0.3) is 5.69 Å². The van der Waals surface area contributed by atoms with Crippen molar-refractivity contribution in [2.75, 3.05) is 23.3 Å². The van der Waals surface area contributed by atoms with Gasteiger partial charge in [0.2, 0.25) is 0 Å². The first-order valence-corrected chi connectivity index (χ1v) is 9.74. The van der Waals surface area contributed by atoms with Gasteiger partial charge in [-0.1, -0.05) is 29.8 Å². The summed E-state index contributed by atoms with van der Waals surface area (Å²) in [5, 5.41) is 16.7. The van der Waals surface area contributed by atoms with Gasteiger partial charge in [-0.05, 0) is 37.1 Å². The highest BCUT2D eigenvalue weighted by Crippen LogP contribution is 2.23. The van der Waals surface area contributed by atoms with Crippen LogP contribution in [0.5, 0.6) is 0 Å². The van der Waals surface area contributed by atoms with Gasteiger partial charge in [0.15, 0.2) is 0 Å². The SMILES string of the molecule is N#Cc1ccc(N2CCC(Nc3cnn(-c4ccccc4)c(=O)c3Cl)CC2)nc1. The number of piperidine rings is 1. The second-order valence-corrected chi connectivity index (χ2v) is 7.23. The molecule has 0 radical (unpaired) electrons. The maximum Gasteiger partial charge on any atom is 0.292 e. The standard InChI is InChI=1S/C21H19ClN6O/c22-20-18(14-25-28(21(20)29)17-4-2-1-3-5-17)26-16-8-10-27(11-9-16)19-7-6-15(12-23)13-24-19/h1-7,13-14,16,26H,8-11H2. The number of benzene rings is 1. The third-order valence-corrected chi connectivity index (χ3v) is 5.34. The molecule has 1 aliphatic heterocycles. The fourth-order valence-corrected chi connectivity index (χ4v) is 3.58. The number of halogens is 1. The van der Waals surface area contributed by atoms with E-state index in [1.165, 1.54) is 4.68 Å². The van der Waals surface area contributed by atoms with Gasteiger partial charge >= 0.3 is 0 Å². The Labute approximate surface area is 173 Å². The Morgan fingerprint density at radius 1 is 1.10 bits per heavy atom. The lowest BCUT2D eigenvalue weighted by Gasteiger charge is -2.33. The van der Waals surface area contributed by atoms with E-state index in [9.17, 15) is 4.79 Å². The van der Waals surface area contributed by atoms with Crippen LogP contribution in [-0.2, 0) is 0 Å². The number of para-hydroxylation sites is 1. The molecule has 29 heavy (non-hydrogen) atoms. The molecule has 0 spiro atoms. The Hall–Kier alpha value is -3.37. The van der Waals surface area contributed by atoms with E-state index in [2.05, 4.69) is 26.4 Å². The molecule has 1 saturated heterocycles. The van der Waals surface area contributed by atoms with E-state index in [0.29, 0.717) is 16.9 Å². The average Bonchev–Trinajstić information content (AvgIpc) is 2.78. The molecule has 0 bridgehead atoms. The molecule has 3 aromatic rings. The summed E-state index contributed by atoms with van der Waals surface area (Å²) in [7, 11) is 0. The van der Waals surface area contributed by atoms with E-state index >= 15 is 0 Å². The molecule has 0 unspecified atom stereocenters. The van der Waals surface area contributed by atoms with Crippen LogP contribution in [0.3, 0.4) is 0 Å². The predicted molar refractivity (Wildman–Crippen MR) is 113 cm³/mol. The first-order valence-electron chi connectivity index (χ1n) is 9.36. The van der Waals surface area contributed by atoms with Crippen molar-refractivity contribution in [2.24, 2.45) is 0 Å². The van der Waals surface area contributed by atoms with Gasteiger partial charge in [0, 0.05) is 25.3 Å². The van der Waals surface area contributed by atoms with Crippen molar-refractivity contribution in [3.63, 3.8) is 0 Å². The highest BCUT2D eigenvalue weighted by atomic mass is 35.5. The van der Waals surface area contributed by atoms with Crippen LogP contribution in [0.15, 0.2) is 59.7 Å². The maximum atomic E-state index is 12.6. The van der Waals surface area contributed by atoms with Gasteiger partial charge < -0.3 is 10.2 Å². The van der Waals surface area contributed by atoms with E-state index in [1.807, 2.05) is 36.4 Å². The summed E-state index contributed by atoms with van der Waals surface area (Å²) in [6, 6.07) is 15.1. The van der Waals surface area contributed by atoms with E-state index in [4.69, 9.17) is 16.9 Å². The zero-order valence-corrected chi connectivity index (χ0v) is 16.4. The normalized spacial score (nSPS) is 14.4. The highest BCUT2D eigenvalue weighted by Gasteiger charge is 2.21. The quantitative estimate of drug-likeness (QED) is 0.715. The summed E-state index contributed by atoms with van der Waals surface area (Å²) >= 11 is 6.34. The van der Waals surface area contributed by atoms with Crippen LogP contribution in [0, 0.1) is 11.3 Å². The molecule has 0 aliphatic carbocycles. The second-order valence-electron chi connectivity index (χ2n) is 6.85. The molecular weight excluding hydrogens is 388 g/mol. The minimum absolute atomic E-state index is 0.139. The van der Waals surface area contributed by atoms with Gasteiger partial charge in [-0.15, -0.1) is 0 Å². The largest absolute Gasteiger partial charge is 0.380 e. The molecule has 0 atom stereocenters. The molecule has 8 heteroatoms. The number of hydrogen-bond acceptors (Lipinski definition) is 6. The third-order valence-electron chi connectivity index (χ3n) is 4.98. The average molecular weight is 407 g/mol. The molecule has 7 nitrogen and oxygen atoms in total. The van der Waals surface area contributed by atoms with Crippen molar-refractivity contribution >= 4 is 23.1 Å². The number of aromatic nitrogens is 3. The van der Waals surface area contributed by atoms with Crippen LogP contribution in [0.1, 0.15) is 18.4 Å². The van der Waals surface area contributed by atoms with Crippen molar-refractivity contribution in [2.45, 2.75) is 18.9 Å². The van der Waals surface area contributed by atoms with Gasteiger partial charge in [0.1, 0.15) is 16.9 Å². The molecule has 1 fully saturated rings. The molecule has 0 amide bonds. The second kappa shape index (κ2) is 8.33. The topological polar surface area (TPSA) is 86.8 Å². The molecule has 1 aromatic carbocycles. The molecule has 3 heterocycles. The van der Waals surface area contributed by atoms with Crippen LogP contribution in [-0.4, -0.2) is 33.9 Å². The molecule has 146 valence electrons. The molecule has 0 saturated carbocycles. The smallest absolute Gasteiger partial charge is 0.292 e. The van der Waals surface area contributed by atoms with Crippen molar-refractivity contribution < 1.29 is 0 Å². The van der Waals surface area contributed by atoms with Gasteiger partial charge in [-0.25, -0.2) is 4.98 Å². The van der Waals surface area contributed by atoms with Crippen molar-refractivity contribution in [1.29, 1.82) is 5.26 Å². The van der Waals surface area contributed by atoms with Crippen molar-refractivity contribution in [1.82, 2.24) is 14.8 Å². The molecule has 1 N–H and O–H groups in total. The summed E-state index contributed by atoms with van der Waals surface area (Å²) in [4.78, 5) is 19.2. The first kappa shape index (κ1) is 19.0. The Morgan fingerprint density at radius 3 is 2.52 bits per heavy atom. The maximum absolute atomic E-state index is 12.6. The van der Waals surface area contributed by atoms with E-state index in [-0.39, 0.29) is 16.6 Å². The van der Waals surface area contributed by atoms with E-state index in [1.54, 1.807) is 18.5 Å². The molecule has 4 rings (SSSR count). The molecular formula is C21H19ClN6O. The Kier molecular flexibility index (Phi) is 5.45. The summed E-state index contributed by atoms with van der Waals surface area (Å²) in [5.41, 5.74) is 1.44. The van der Waals surface area contributed by atoms with Crippen LogP contribution >= 0.6 is 11.6 Å². The third kappa shape index (κ3) is 4.08. The number of nitrogens with zero attached hydrogens (tertiary/aromatic N) is 5. The summed E-state index contributed by atoms with van der Waals surface area (Å²) in [5.74, 6) is 0.868. The fourth-order valence-electron chi connectivity index (χ4n) is 3.40. The van der Waals surface area contributed by atoms with Gasteiger partial charge in [0.25, 0.3) is 5.56 Å². The van der Waals surface area contributed by atoms with Crippen LogP contribution in [0.4, 0.5) is 11.5 Å². The zero-order chi connectivity index (χ0) is 20.2. The number of nitrogens with one attached hydrogen (secondary N) is 1. The van der Waals surface area contributed by atoms with E-state index < -0.39 is 0 Å². The van der Waals surface area contributed by atoms with Gasteiger partial charge in [-0.2, -0.15) is 15.0 Å². The molecule has 2 aromatic heterocycles. The number of anilines is 2. The lowest BCUT2D eigenvalue weighted by molar-refractivity contribution is 0.523. The van der Waals surface area contributed by atoms with Crippen LogP contribution < -0.4 is 15.8 Å². The predicted octanol–water partition coefficient (Wildman–Crippen LogP) is 3.23. The minimum Gasteiger partial charge on any atom is -0.380 e. The first-order chi connectivity index (χ1) is 14.2. The lowest BCUT2D eigenvalue weighted by Crippen LogP contribution is -2.39. The number of rotatable bonds is 4. The number of hydrogen-bond donors (Lipinski definition) is 1. The highest BCUT2D eigenvalue weighted by molar-refractivity contribution is 6.33. The summed E-state index contributed by atoms with van der Waals surface area (Å²) < 4.78 is 1.30. The summed E-state index contributed by atoms with van der Waals surface area (Å²) in [6.45, 7) is 1.64. The Balaban J connectivity index is 1.42. The monoisotopic (exact) mass is 406 g/mol. The van der Waals surface area contributed by atoms with Crippen LogP contribution in [0.2, 0.25) is 5.02 Å². The number of nitriles is 1.